The van der Waals surface area contributed by atoms with Gasteiger partial charge < -0.3 is 4.74 Å². The molecule has 206 valence electrons. The molecule has 0 fully saturated rings. The predicted molar refractivity (Wildman–Crippen MR) is 141 cm³/mol. The maximum Gasteiger partial charge on any atom is 0.413 e. The van der Waals surface area contributed by atoms with Crippen LogP contribution >= 0.6 is 0 Å². The van der Waals surface area contributed by atoms with Crippen LogP contribution in [0.1, 0.15) is 52.7 Å². The third-order valence-electron chi connectivity index (χ3n) is 5.40. The lowest BCUT2D eigenvalue weighted by Crippen LogP contribution is -2.58. The molecule has 0 saturated heterocycles. The van der Waals surface area contributed by atoms with Crippen LogP contribution in [0.5, 0.6) is 0 Å². The Balaban J connectivity index is 2.76. The van der Waals surface area contributed by atoms with E-state index < -0.39 is 64.1 Å². The van der Waals surface area contributed by atoms with Gasteiger partial charge in [0.15, 0.2) is 0 Å². The van der Waals surface area contributed by atoms with E-state index in [4.69, 9.17) is 4.74 Å². The van der Waals surface area contributed by atoms with Crippen molar-refractivity contribution < 1.29 is 31.3 Å². The topological polar surface area (TPSA) is 80.1 Å². The molecule has 1 aliphatic heterocycles. The summed E-state index contributed by atoms with van der Waals surface area (Å²) in [6.45, 7) is 13.6. The smallest absolute Gasteiger partial charge is 0.413 e. The summed E-state index contributed by atoms with van der Waals surface area (Å²) < 4.78 is 76.0. The molecule has 0 spiro atoms. The molecular weight excluding hydrogens is 526 g/mol. The lowest BCUT2D eigenvalue weighted by Gasteiger charge is -2.42. The van der Waals surface area contributed by atoms with E-state index in [-0.39, 0.29) is 11.4 Å². The normalized spacial score (nSPS) is 23.9. The SMILES string of the molecule is CC(C)(C)OC(=O)NC1=N[C@](C)(c2cc(C#C[Si](C)(C)C)ccc2F)C[S@@](=O)(=NCC(F)(F)F)C1(C)C. The molecule has 12 heteroatoms. The number of nitrogens with zero attached hydrogens (tertiary/aromatic N) is 2. The van der Waals surface area contributed by atoms with Crippen molar-refractivity contribution in [3.05, 3.63) is 35.1 Å². The van der Waals surface area contributed by atoms with Gasteiger partial charge in [-0.2, -0.15) is 13.2 Å². The van der Waals surface area contributed by atoms with Gasteiger partial charge >= 0.3 is 12.3 Å². The fourth-order valence-electron chi connectivity index (χ4n) is 3.50. The monoisotopic (exact) mass is 561 g/mol. The van der Waals surface area contributed by atoms with Gasteiger partial charge in [0.05, 0.1) is 15.5 Å². The van der Waals surface area contributed by atoms with Crippen molar-refractivity contribution in [2.75, 3.05) is 12.3 Å². The fraction of sp³-hybridized carbons (Fsp3) is 0.600. The second-order valence-corrected chi connectivity index (χ2v) is 19.4. The summed E-state index contributed by atoms with van der Waals surface area (Å²) in [6, 6.07) is 4.15. The second kappa shape index (κ2) is 10.1. The van der Waals surface area contributed by atoms with E-state index in [0.29, 0.717) is 5.56 Å². The quantitative estimate of drug-likeness (QED) is 0.273. The average molecular weight is 562 g/mol. The van der Waals surface area contributed by atoms with Crippen molar-refractivity contribution in [1.82, 2.24) is 5.32 Å². The number of halogens is 4. The first-order valence-corrected chi connectivity index (χ1v) is 16.9. The van der Waals surface area contributed by atoms with Gasteiger partial charge in [0.1, 0.15) is 42.2 Å². The van der Waals surface area contributed by atoms with Crippen LogP contribution in [-0.2, 0) is 20.0 Å². The number of alkyl halides is 3. The van der Waals surface area contributed by atoms with Crippen LogP contribution in [0.4, 0.5) is 22.4 Å². The maximum absolute atomic E-state index is 15.2. The molecule has 0 radical (unpaired) electrons. The lowest BCUT2D eigenvalue weighted by molar-refractivity contribution is -0.117. The zero-order valence-electron chi connectivity index (χ0n) is 22.7. The Morgan fingerprint density at radius 2 is 1.81 bits per heavy atom. The minimum atomic E-state index is -4.71. The second-order valence-electron chi connectivity index (χ2n) is 11.8. The highest BCUT2D eigenvalue weighted by molar-refractivity contribution is 7.95. The molecule has 0 aromatic heterocycles. The molecule has 1 aromatic rings. The molecule has 2 rings (SSSR count). The number of hydrogen-bond donors (Lipinski definition) is 1. The number of nitrogens with one attached hydrogen (secondary N) is 1. The maximum atomic E-state index is 15.2. The number of amides is 1. The predicted octanol–water partition coefficient (Wildman–Crippen LogP) is 6.02. The summed E-state index contributed by atoms with van der Waals surface area (Å²) >= 11 is 0. The molecule has 0 saturated carbocycles. The van der Waals surface area contributed by atoms with Crippen LogP contribution in [0.2, 0.25) is 19.6 Å². The molecule has 1 amide bonds. The highest BCUT2D eigenvalue weighted by Gasteiger charge is 2.50. The van der Waals surface area contributed by atoms with E-state index in [0.717, 1.165) is 0 Å². The molecule has 6 nitrogen and oxygen atoms in total. The molecular formula is C25H35F4N3O3SSi. The number of ether oxygens (including phenoxy) is 1. The van der Waals surface area contributed by atoms with E-state index in [9.17, 15) is 22.2 Å². The van der Waals surface area contributed by atoms with E-state index in [1.165, 1.54) is 39.0 Å². The Labute approximate surface area is 217 Å². The lowest BCUT2D eigenvalue weighted by atomic mass is 9.92. The van der Waals surface area contributed by atoms with Crippen LogP contribution in [0, 0.1) is 17.3 Å². The number of carbonyl (C=O) groups is 1. The van der Waals surface area contributed by atoms with Gasteiger partial charge in [0.25, 0.3) is 0 Å². The van der Waals surface area contributed by atoms with Gasteiger partial charge in [-0.1, -0.05) is 25.6 Å². The fourth-order valence-corrected chi connectivity index (χ4v) is 6.53. The molecule has 1 N–H and O–H groups in total. The summed E-state index contributed by atoms with van der Waals surface area (Å²) in [5, 5.41) is 2.45. The van der Waals surface area contributed by atoms with Crippen LogP contribution in [0.15, 0.2) is 27.6 Å². The van der Waals surface area contributed by atoms with Crippen molar-refractivity contribution in [3.8, 4) is 11.5 Å². The molecule has 2 atom stereocenters. The summed E-state index contributed by atoms with van der Waals surface area (Å²) in [5.41, 5.74) is 1.15. The number of benzene rings is 1. The Morgan fingerprint density at radius 1 is 1.22 bits per heavy atom. The van der Waals surface area contributed by atoms with E-state index in [1.807, 2.05) is 19.6 Å². The first kappa shape index (κ1) is 30.8. The van der Waals surface area contributed by atoms with E-state index >= 15 is 4.39 Å². The Bertz CT molecular complexity index is 1280. The largest absolute Gasteiger partial charge is 0.444 e. The van der Waals surface area contributed by atoms with Crippen LogP contribution < -0.4 is 5.32 Å². The first-order valence-electron chi connectivity index (χ1n) is 11.7. The zero-order chi connectivity index (χ0) is 28.7. The first-order chi connectivity index (χ1) is 16.5. The van der Waals surface area contributed by atoms with Gasteiger partial charge in [-0.25, -0.2) is 17.8 Å². The molecule has 1 heterocycles. The van der Waals surface area contributed by atoms with Gasteiger partial charge in [0.2, 0.25) is 0 Å². The zero-order valence-corrected chi connectivity index (χ0v) is 24.5. The number of amidine groups is 1. The van der Waals surface area contributed by atoms with Crippen LogP contribution in [0.3, 0.4) is 0 Å². The Hall–Kier alpha value is -2.39. The van der Waals surface area contributed by atoms with E-state index in [2.05, 4.69) is 26.1 Å². The van der Waals surface area contributed by atoms with Crippen molar-refractivity contribution in [3.63, 3.8) is 0 Å². The summed E-state index contributed by atoms with van der Waals surface area (Å²) in [7, 11) is -5.51. The molecule has 0 bridgehead atoms. The molecule has 0 unspecified atom stereocenters. The van der Waals surface area contributed by atoms with Crippen LogP contribution in [-0.4, -0.2) is 53.0 Å². The number of aliphatic imine (C=N–C) groups is 1. The van der Waals surface area contributed by atoms with Crippen molar-refractivity contribution in [2.24, 2.45) is 9.36 Å². The molecule has 37 heavy (non-hydrogen) atoms. The summed E-state index contributed by atoms with van der Waals surface area (Å²) in [5.74, 6) is 1.63. The number of carbonyl (C=O) groups excluding carboxylic acids is 1. The number of rotatable bonds is 2. The van der Waals surface area contributed by atoms with Gasteiger partial charge in [-0.3, -0.25) is 10.3 Å². The van der Waals surface area contributed by atoms with Crippen molar-refractivity contribution >= 4 is 29.7 Å². The molecule has 1 aromatic carbocycles. The highest BCUT2D eigenvalue weighted by atomic mass is 32.2. The number of alkyl carbamates (subject to hydrolysis) is 1. The number of hydrogen-bond acceptors (Lipinski definition) is 5. The summed E-state index contributed by atoms with van der Waals surface area (Å²) in [4.78, 5) is 17.1. The van der Waals surface area contributed by atoms with E-state index in [1.54, 1.807) is 20.8 Å². The standard InChI is InChI=1S/C25H35F4N3O3SSi/c1-22(2,3)35-21(33)31-20-23(4,5)36(34,30-15-25(27,28)29)16-24(6,32-20)18-14-17(10-11-19(18)26)12-13-37(7,8)9/h10-11,14H,15-16H2,1-9H3,(H,31,32,33)/t24-,36-/m0/s1. The molecule has 0 aliphatic carbocycles. The molecule has 1 aliphatic rings. The Kier molecular flexibility index (Phi) is 8.38. The van der Waals surface area contributed by atoms with Gasteiger partial charge in [-0.15, -0.1) is 5.54 Å². The highest BCUT2D eigenvalue weighted by Crippen LogP contribution is 2.40. The minimum absolute atomic E-state index is 0.0104. The van der Waals surface area contributed by atoms with Gasteiger partial charge in [-0.05, 0) is 59.7 Å². The third kappa shape index (κ3) is 8.04. The minimum Gasteiger partial charge on any atom is -0.444 e. The average Bonchev–Trinajstić information content (AvgIpc) is 2.67. The van der Waals surface area contributed by atoms with Gasteiger partial charge in [0, 0.05) is 11.1 Å². The third-order valence-corrected chi connectivity index (χ3v) is 9.57. The van der Waals surface area contributed by atoms with Crippen molar-refractivity contribution in [2.45, 2.75) is 83.2 Å². The van der Waals surface area contributed by atoms with Crippen LogP contribution in [0.25, 0.3) is 0 Å². The summed E-state index contributed by atoms with van der Waals surface area (Å²) in [6.07, 6.45) is -5.64. The van der Waals surface area contributed by atoms with Crippen molar-refractivity contribution in [1.29, 1.82) is 0 Å². The Morgan fingerprint density at radius 3 is 2.32 bits per heavy atom.